The molecule has 2 unspecified atom stereocenters. The van der Waals surface area contributed by atoms with Crippen LogP contribution in [0.4, 0.5) is 0 Å². The summed E-state index contributed by atoms with van der Waals surface area (Å²) in [6.45, 7) is 6.73. The predicted molar refractivity (Wildman–Crippen MR) is 45.2 cm³/mol. The predicted octanol–water partition coefficient (Wildman–Crippen LogP) is 1.49. The fourth-order valence-electron chi connectivity index (χ4n) is 1.77. The minimum atomic E-state index is 0.491. The van der Waals surface area contributed by atoms with Crippen LogP contribution in [0.15, 0.2) is 0 Å². The summed E-state index contributed by atoms with van der Waals surface area (Å²) in [5.41, 5.74) is 0. The lowest BCUT2D eigenvalue weighted by Crippen LogP contribution is -2.37. The Morgan fingerprint density at radius 3 is 2.70 bits per heavy atom. The molecule has 0 amide bonds. The molecule has 2 aliphatic heterocycles. The maximum absolute atomic E-state index is 5.75. The maximum Gasteiger partial charge on any atom is 0.230 e. The van der Waals surface area contributed by atoms with Gasteiger partial charge in [-0.15, -0.1) is 0 Å². The Morgan fingerprint density at radius 2 is 2.40 bits per heavy atom. The van der Waals surface area contributed by atoms with E-state index in [0.717, 1.165) is 11.2 Å². The molecule has 0 N–H and O–H groups in total. The molecule has 2 heterocycles. The van der Waals surface area contributed by atoms with Crippen LogP contribution >= 0.6 is 11.6 Å². The van der Waals surface area contributed by atoms with Crippen molar-refractivity contribution >= 4 is 18.2 Å². The first-order valence-corrected chi connectivity index (χ1v) is 4.91. The van der Waals surface area contributed by atoms with Crippen molar-refractivity contribution in [3.63, 3.8) is 0 Å². The first-order chi connectivity index (χ1) is 4.83. The van der Waals surface area contributed by atoms with Gasteiger partial charge in [-0.3, -0.25) is 0 Å². The van der Waals surface area contributed by atoms with E-state index in [1.54, 1.807) is 0 Å². The van der Waals surface area contributed by atoms with Crippen molar-refractivity contribution in [2.45, 2.75) is 37.6 Å². The van der Waals surface area contributed by atoms with Crippen molar-refractivity contribution in [2.24, 2.45) is 5.92 Å². The van der Waals surface area contributed by atoms with Gasteiger partial charge in [0.05, 0.1) is 12.1 Å². The monoisotopic (exact) mass is 155 g/mol. The highest BCUT2D eigenvalue weighted by Gasteiger charge is 2.47. The van der Waals surface area contributed by atoms with E-state index in [4.69, 9.17) is 4.74 Å². The molecule has 2 rings (SSSR count). The maximum atomic E-state index is 5.75. The molecule has 3 heteroatoms. The number of fused-ring (bicyclic) bond motifs is 1. The fraction of sp³-hybridized carbons (Fsp3) is 1.00. The van der Waals surface area contributed by atoms with Crippen molar-refractivity contribution in [2.75, 3.05) is 0 Å². The number of hydrogen-bond acceptors (Lipinski definition) is 2. The highest BCUT2D eigenvalue weighted by Crippen LogP contribution is 2.43. The van der Waals surface area contributed by atoms with E-state index in [2.05, 4.69) is 20.4 Å². The summed E-state index contributed by atoms with van der Waals surface area (Å²) in [5.74, 6) is 0.769. The molecule has 1 radical (unpaired) electrons. The van der Waals surface area contributed by atoms with Crippen LogP contribution < -0.4 is 0 Å². The molecule has 0 spiro atoms. The van der Waals surface area contributed by atoms with Crippen LogP contribution in [-0.2, 0) is 4.74 Å². The van der Waals surface area contributed by atoms with Crippen LogP contribution in [0, 0.1) is 5.92 Å². The largest absolute Gasteiger partial charge is 0.381 e. The third-order valence-corrected chi connectivity index (χ3v) is 3.97. The highest BCUT2D eigenvalue weighted by atomic mass is 32.2. The van der Waals surface area contributed by atoms with Gasteiger partial charge in [-0.2, -0.15) is 0 Å². The number of rotatable bonds is 1. The van der Waals surface area contributed by atoms with E-state index in [0.29, 0.717) is 12.1 Å². The van der Waals surface area contributed by atoms with Crippen molar-refractivity contribution in [1.29, 1.82) is 0 Å². The lowest BCUT2D eigenvalue weighted by Gasteiger charge is -2.29. The van der Waals surface area contributed by atoms with E-state index in [1.807, 2.05) is 11.6 Å². The molecule has 0 aliphatic carbocycles. The smallest absolute Gasteiger partial charge is 0.230 e. The van der Waals surface area contributed by atoms with Crippen molar-refractivity contribution in [3.05, 3.63) is 0 Å². The molecule has 55 valence electrons. The van der Waals surface area contributed by atoms with Crippen molar-refractivity contribution in [1.82, 2.24) is 0 Å². The molecule has 0 bridgehead atoms. The molecule has 0 aromatic heterocycles. The third kappa shape index (κ3) is 0.834. The summed E-state index contributed by atoms with van der Waals surface area (Å²) >= 11 is 1.95. The molecule has 2 saturated heterocycles. The summed E-state index contributed by atoms with van der Waals surface area (Å²) < 4.78 is 5.75. The zero-order valence-corrected chi connectivity index (χ0v) is 7.23. The van der Waals surface area contributed by atoms with Crippen LogP contribution in [0.2, 0.25) is 0 Å². The second kappa shape index (κ2) is 2.45. The molecule has 0 aromatic carbocycles. The van der Waals surface area contributed by atoms with Gasteiger partial charge < -0.3 is 4.74 Å². The Labute approximate surface area is 67.0 Å². The van der Waals surface area contributed by atoms with Gasteiger partial charge in [-0.25, -0.2) is 11.6 Å². The zero-order valence-electron chi connectivity index (χ0n) is 6.41. The Balaban J connectivity index is 2.02. The average molecular weight is 155 g/mol. The Bertz CT molecular complexity index is 142. The quantitative estimate of drug-likeness (QED) is 0.530. The fourth-order valence-corrected chi connectivity index (χ4v) is 2.79. The van der Waals surface area contributed by atoms with E-state index in [9.17, 15) is 0 Å². The summed E-state index contributed by atoms with van der Waals surface area (Å²) in [5, 5.41) is 0.782. The Morgan fingerprint density at radius 1 is 1.60 bits per heavy atom. The SMILES string of the molecule is CC[C@@H]1O[C@H]2[B]SC2C1C. The van der Waals surface area contributed by atoms with Gasteiger partial charge in [-0.1, -0.05) is 13.8 Å². The molecule has 2 fully saturated rings. The third-order valence-electron chi connectivity index (χ3n) is 2.53. The molecular weight excluding hydrogens is 143 g/mol. The minimum absolute atomic E-state index is 0.491. The Hall–Kier alpha value is 0.375. The van der Waals surface area contributed by atoms with Gasteiger partial charge in [0.1, 0.15) is 0 Å². The van der Waals surface area contributed by atoms with E-state index < -0.39 is 0 Å². The van der Waals surface area contributed by atoms with E-state index in [-0.39, 0.29) is 0 Å². The van der Waals surface area contributed by atoms with Crippen molar-refractivity contribution in [3.8, 4) is 0 Å². The first-order valence-electron chi connectivity index (χ1n) is 3.97. The van der Waals surface area contributed by atoms with E-state index in [1.165, 1.54) is 6.42 Å². The average Bonchev–Trinajstić information content (AvgIpc) is 2.05. The second-order valence-electron chi connectivity index (χ2n) is 3.14. The van der Waals surface area contributed by atoms with Crippen LogP contribution in [0.25, 0.3) is 0 Å². The van der Waals surface area contributed by atoms with Gasteiger partial charge in [-0.05, 0) is 12.3 Å². The summed E-state index contributed by atoms with van der Waals surface area (Å²) in [6.07, 6.45) is 1.70. The summed E-state index contributed by atoms with van der Waals surface area (Å²) in [7, 11) is 0. The van der Waals surface area contributed by atoms with E-state index >= 15 is 0 Å². The standard InChI is InChI=1S/C7H12BOS/c1-3-5-4(2)6-7(9-5)8-10-6/h4-7H,3H2,1-2H3/t4?,5-,6?,7+/m0/s1. The van der Waals surface area contributed by atoms with Gasteiger partial charge in [0.15, 0.2) is 0 Å². The lowest BCUT2D eigenvalue weighted by molar-refractivity contribution is 0.0708. The summed E-state index contributed by atoms with van der Waals surface area (Å²) in [6, 6.07) is 0.491. The minimum Gasteiger partial charge on any atom is -0.381 e. The van der Waals surface area contributed by atoms with Crippen LogP contribution in [0.5, 0.6) is 0 Å². The topological polar surface area (TPSA) is 9.23 Å². The molecule has 4 atom stereocenters. The molecule has 0 aromatic rings. The number of hydrogen-bond donors (Lipinski definition) is 0. The molecule has 0 saturated carbocycles. The van der Waals surface area contributed by atoms with Gasteiger partial charge in [0.25, 0.3) is 0 Å². The number of ether oxygens (including phenoxy) is 1. The highest BCUT2D eigenvalue weighted by molar-refractivity contribution is 8.25. The van der Waals surface area contributed by atoms with Crippen LogP contribution in [0.1, 0.15) is 20.3 Å². The van der Waals surface area contributed by atoms with Crippen LogP contribution in [0.3, 0.4) is 0 Å². The normalized spacial score (nSPS) is 51.4. The molecular formula is C7H12BOS. The van der Waals surface area contributed by atoms with Crippen LogP contribution in [-0.4, -0.2) is 23.9 Å². The van der Waals surface area contributed by atoms with Gasteiger partial charge in [0, 0.05) is 5.25 Å². The Kier molecular flexibility index (Phi) is 1.73. The van der Waals surface area contributed by atoms with Gasteiger partial charge >= 0.3 is 0 Å². The molecule has 10 heavy (non-hydrogen) atoms. The molecule has 1 nitrogen and oxygen atoms in total. The van der Waals surface area contributed by atoms with Gasteiger partial charge in [0.2, 0.25) is 6.56 Å². The zero-order chi connectivity index (χ0) is 7.14. The first kappa shape index (κ1) is 7.05. The second-order valence-corrected chi connectivity index (χ2v) is 4.23. The van der Waals surface area contributed by atoms with Crippen molar-refractivity contribution < 1.29 is 4.74 Å². The molecule has 2 aliphatic rings. The lowest BCUT2D eigenvalue weighted by atomic mass is 9.87. The summed E-state index contributed by atoms with van der Waals surface area (Å²) in [4.78, 5) is 0.